The highest BCUT2D eigenvalue weighted by atomic mass is 32.2. The first-order valence-electron chi connectivity index (χ1n) is 5.90. The van der Waals surface area contributed by atoms with Crippen LogP contribution in [0.1, 0.15) is 24.7 Å². The average molecular weight is 255 g/mol. The van der Waals surface area contributed by atoms with Gasteiger partial charge in [-0.25, -0.2) is 9.97 Å². The van der Waals surface area contributed by atoms with Crippen LogP contribution in [0.4, 0.5) is 5.82 Å². The SMILES string of the molecule is CCc1cnc(C)nc1N[C@H](CO)CCSC. The summed E-state index contributed by atoms with van der Waals surface area (Å²) in [5.41, 5.74) is 1.10. The highest BCUT2D eigenvalue weighted by Crippen LogP contribution is 2.15. The van der Waals surface area contributed by atoms with Gasteiger partial charge in [0, 0.05) is 11.8 Å². The second-order valence-corrected chi connectivity index (χ2v) is 4.94. The van der Waals surface area contributed by atoms with Crippen molar-refractivity contribution in [1.29, 1.82) is 0 Å². The number of aryl methyl sites for hydroxylation is 2. The summed E-state index contributed by atoms with van der Waals surface area (Å²) in [7, 11) is 0. The predicted octanol–water partition coefficient (Wildman–Crippen LogP) is 1.87. The molecule has 0 radical (unpaired) electrons. The number of aliphatic hydroxyl groups excluding tert-OH is 1. The Balaban J connectivity index is 2.73. The van der Waals surface area contributed by atoms with Crippen LogP contribution >= 0.6 is 11.8 Å². The van der Waals surface area contributed by atoms with Crippen molar-refractivity contribution in [2.24, 2.45) is 0 Å². The molecule has 0 aromatic carbocycles. The fourth-order valence-electron chi connectivity index (χ4n) is 1.54. The monoisotopic (exact) mass is 255 g/mol. The summed E-state index contributed by atoms with van der Waals surface area (Å²) in [6, 6.07) is 0.0713. The number of rotatable bonds is 7. The molecule has 1 aromatic rings. The van der Waals surface area contributed by atoms with Crippen molar-refractivity contribution in [3.63, 3.8) is 0 Å². The van der Waals surface area contributed by atoms with Crippen molar-refractivity contribution in [1.82, 2.24) is 9.97 Å². The summed E-state index contributed by atoms with van der Waals surface area (Å²) in [6.07, 6.45) is 5.75. The van der Waals surface area contributed by atoms with Crippen LogP contribution in [-0.4, -0.2) is 39.7 Å². The summed E-state index contributed by atoms with van der Waals surface area (Å²) in [4.78, 5) is 8.59. The summed E-state index contributed by atoms with van der Waals surface area (Å²) >= 11 is 1.79. The molecule has 0 fully saturated rings. The molecule has 0 bridgehead atoms. The van der Waals surface area contributed by atoms with E-state index in [2.05, 4.69) is 28.5 Å². The summed E-state index contributed by atoms with van der Waals surface area (Å²) in [5, 5.41) is 12.6. The van der Waals surface area contributed by atoms with Gasteiger partial charge in [-0.15, -0.1) is 0 Å². The Morgan fingerprint density at radius 3 is 2.88 bits per heavy atom. The Morgan fingerprint density at radius 2 is 2.29 bits per heavy atom. The lowest BCUT2D eigenvalue weighted by Gasteiger charge is -2.18. The van der Waals surface area contributed by atoms with Gasteiger partial charge in [0.25, 0.3) is 0 Å². The second kappa shape index (κ2) is 7.50. The highest BCUT2D eigenvalue weighted by molar-refractivity contribution is 7.98. The first-order chi connectivity index (χ1) is 8.21. The van der Waals surface area contributed by atoms with Crippen molar-refractivity contribution in [2.45, 2.75) is 32.7 Å². The first kappa shape index (κ1) is 14.3. The minimum absolute atomic E-state index is 0.0713. The topological polar surface area (TPSA) is 58.0 Å². The molecular formula is C12H21N3OS. The molecule has 17 heavy (non-hydrogen) atoms. The molecule has 0 saturated carbocycles. The average Bonchev–Trinajstić information content (AvgIpc) is 2.34. The van der Waals surface area contributed by atoms with E-state index in [-0.39, 0.29) is 12.6 Å². The molecule has 5 heteroatoms. The summed E-state index contributed by atoms with van der Waals surface area (Å²) in [6.45, 7) is 4.09. The summed E-state index contributed by atoms with van der Waals surface area (Å²) < 4.78 is 0. The van der Waals surface area contributed by atoms with E-state index >= 15 is 0 Å². The van der Waals surface area contributed by atoms with E-state index in [4.69, 9.17) is 0 Å². The Labute approximate surface area is 107 Å². The minimum Gasteiger partial charge on any atom is -0.394 e. The van der Waals surface area contributed by atoms with Gasteiger partial charge in [0.2, 0.25) is 0 Å². The Kier molecular flexibility index (Phi) is 6.29. The largest absolute Gasteiger partial charge is 0.394 e. The number of nitrogens with one attached hydrogen (secondary N) is 1. The standard InChI is InChI=1S/C12H21N3OS/c1-4-10-7-13-9(2)14-12(10)15-11(8-16)5-6-17-3/h7,11,16H,4-6,8H2,1-3H3,(H,13,14,15)/t11-/m0/s1. The Hall–Kier alpha value is -0.810. The second-order valence-electron chi connectivity index (χ2n) is 3.95. The van der Waals surface area contributed by atoms with Crippen molar-refractivity contribution in [3.05, 3.63) is 17.6 Å². The molecule has 1 atom stereocenters. The normalized spacial score (nSPS) is 12.5. The molecule has 0 spiro atoms. The van der Waals surface area contributed by atoms with Crippen molar-refractivity contribution >= 4 is 17.6 Å². The van der Waals surface area contributed by atoms with Gasteiger partial charge in [0.05, 0.1) is 12.6 Å². The molecule has 4 nitrogen and oxygen atoms in total. The number of aromatic nitrogens is 2. The molecule has 0 aliphatic heterocycles. The smallest absolute Gasteiger partial charge is 0.133 e. The van der Waals surface area contributed by atoms with Gasteiger partial charge < -0.3 is 10.4 Å². The number of anilines is 1. The molecule has 0 aliphatic rings. The van der Waals surface area contributed by atoms with E-state index in [1.165, 1.54) is 0 Å². The van der Waals surface area contributed by atoms with Crippen molar-refractivity contribution in [3.8, 4) is 0 Å². The lowest BCUT2D eigenvalue weighted by molar-refractivity contribution is 0.272. The molecule has 0 unspecified atom stereocenters. The van der Waals surface area contributed by atoms with Crippen molar-refractivity contribution in [2.75, 3.05) is 23.9 Å². The molecular weight excluding hydrogens is 234 g/mol. The van der Waals surface area contributed by atoms with Gasteiger partial charge in [-0.05, 0) is 31.8 Å². The van der Waals surface area contributed by atoms with Gasteiger partial charge >= 0.3 is 0 Å². The van der Waals surface area contributed by atoms with E-state index in [1.807, 2.05) is 13.1 Å². The minimum atomic E-state index is 0.0713. The van der Waals surface area contributed by atoms with Crippen LogP contribution < -0.4 is 5.32 Å². The van der Waals surface area contributed by atoms with E-state index in [9.17, 15) is 5.11 Å². The zero-order valence-electron chi connectivity index (χ0n) is 10.7. The van der Waals surface area contributed by atoms with Gasteiger partial charge in [-0.1, -0.05) is 6.92 Å². The number of hydrogen-bond acceptors (Lipinski definition) is 5. The number of nitrogens with zero attached hydrogens (tertiary/aromatic N) is 2. The molecule has 1 rings (SSSR count). The molecule has 0 saturated heterocycles. The van der Waals surface area contributed by atoms with Crippen LogP contribution in [0.5, 0.6) is 0 Å². The van der Waals surface area contributed by atoms with E-state index < -0.39 is 0 Å². The zero-order valence-corrected chi connectivity index (χ0v) is 11.5. The van der Waals surface area contributed by atoms with Crippen LogP contribution in [0.2, 0.25) is 0 Å². The molecule has 1 heterocycles. The van der Waals surface area contributed by atoms with E-state index in [0.717, 1.165) is 35.8 Å². The fraction of sp³-hybridized carbons (Fsp3) is 0.667. The maximum Gasteiger partial charge on any atom is 0.133 e. The third-order valence-corrected chi connectivity index (χ3v) is 3.24. The van der Waals surface area contributed by atoms with E-state index in [1.54, 1.807) is 11.8 Å². The van der Waals surface area contributed by atoms with Gasteiger partial charge in [-0.2, -0.15) is 11.8 Å². The van der Waals surface area contributed by atoms with Crippen LogP contribution in [-0.2, 0) is 6.42 Å². The molecule has 2 N–H and O–H groups in total. The van der Waals surface area contributed by atoms with Gasteiger partial charge in [-0.3, -0.25) is 0 Å². The molecule has 1 aromatic heterocycles. The van der Waals surface area contributed by atoms with Crippen LogP contribution in [0.25, 0.3) is 0 Å². The van der Waals surface area contributed by atoms with Crippen LogP contribution in [0.15, 0.2) is 6.20 Å². The van der Waals surface area contributed by atoms with Gasteiger partial charge in [0.1, 0.15) is 11.6 Å². The van der Waals surface area contributed by atoms with Crippen molar-refractivity contribution < 1.29 is 5.11 Å². The van der Waals surface area contributed by atoms with E-state index in [0.29, 0.717) is 0 Å². The fourth-order valence-corrected chi connectivity index (χ4v) is 2.06. The van der Waals surface area contributed by atoms with Crippen LogP contribution in [0.3, 0.4) is 0 Å². The lowest BCUT2D eigenvalue weighted by atomic mass is 10.2. The number of hydrogen-bond donors (Lipinski definition) is 2. The third kappa shape index (κ3) is 4.52. The Morgan fingerprint density at radius 1 is 1.53 bits per heavy atom. The Bertz CT molecular complexity index is 347. The molecule has 96 valence electrons. The maximum atomic E-state index is 9.33. The predicted molar refractivity (Wildman–Crippen MR) is 73.6 cm³/mol. The number of aliphatic hydroxyl groups is 1. The maximum absolute atomic E-state index is 9.33. The number of thioether (sulfide) groups is 1. The summed E-state index contributed by atoms with van der Waals surface area (Å²) in [5.74, 6) is 2.65. The van der Waals surface area contributed by atoms with Crippen LogP contribution in [0, 0.1) is 6.92 Å². The molecule has 0 amide bonds. The quantitative estimate of drug-likeness (QED) is 0.779. The zero-order chi connectivity index (χ0) is 12.7. The first-order valence-corrected chi connectivity index (χ1v) is 7.29. The third-order valence-electron chi connectivity index (χ3n) is 2.60. The lowest BCUT2D eigenvalue weighted by Crippen LogP contribution is -2.26. The molecule has 0 aliphatic carbocycles. The van der Waals surface area contributed by atoms with Gasteiger partial charge in [0.15, 0.2) is 0 Å². The highest BCUT2D eigenvalue weighted by Gasteiger charge is 2.10.